The van der Waals surface area contributed by atoms with Crippen molar-refractivity contribution in [2.24, 2.45) is 5.92 Å². The van der Waals surface area contributed by atoms with Gasteiger partial charge in [0.05, 0.1) is 12.1 Å². The number of para-hydroxylation sites is 2. The van der Waals surface area contributed by atoms with E-state index in [1.807, 2.05) is 0 Å². The molecule has 4 aromatic carbocycles. The van der Waals surface area contributed by atoms with Gasteiger partial charge in [-0.15, -0.1) is 0 Å². The van der Waals surface area contributed by atoms with Gasteiger partial charge in [0.2, 0.25) is 0 Å². The Morgan fingerprint density at radius 2 is 1.29 bits per heavy atom. The summed E-state index contributed by atoms with van der Waals surface area (Å²) < 4.78 is 0. The fourth-order valence-corrected chi connectivity index (χ4v) is 7.95. The van der Waals surface area contributed by atoms with E-state index < -0.39 is 0 Å². The molecule has 8 rings (SSSR count). The van der Waals surface area contributed by atoms with Crippen molar-refractivity contribution in [2.75, 3.05) is 10.2 Å². The minimum atomic E-state index is -0.0834. The summed E-state index contributed by atoms with van der Waals surface area (Å²) in [5.74, 6) is 0.633. The maximum atomic E-state index is 3.61. The summed E-state index contributed by atoms with van der Waals surface area (Å²) >= 11 is 0. The smallest absolute Gasteiger partial charge is 0.0520 e. The highest BCUT2D eigenvalue weighted by molar-refractivity contribution is 5.92. The second-order valence-electron chi connectivity index (χ2n) is 14.3. The summed E-state index contributed by atoms with van der Waals surface area (Å²) in [6.45, 7) is 7.06. The molecule has 238 valence electrons. The number of hydrogen-bond donors (Lipinski definition) is 1. The summed E-state index contributed by atoms with van der Waals surface area (Å²) in [4.78, 5) is 2.65. The summed E-state index contributed by atoms with van der Waals surface area (Å²) in [7, 11) is 0. The summed E-state index contributed by atoms with van der Waals surface area (Å²) in [5, 5.41) is 3.61. The van der Waals surface area contributed by atoms with Gasteiger partial charge in [0.25, 0.3) is 0 Å². The monoisotopic (exact) mass is 624 g/mol. The SMILES string of the molecule is CC1C=CC(c2ccc(C3=CCC(N(c4ccccc4)C4C=C5C(=CC4)c4ccc(Nc6ccccc6)cc4C5(C)C)C=C3)cc2)=CC1. The summed E-state index contributed by atoms with van der Waals surface area (Å²) in [6, 6.07) is 38.0. The van der Waals surface area contributed by atoms with E-state index in [4.69, 9.17) is 0 Å². The van der Waals surface area contributed by atoms with Crippen molar-refractivity contribution in [1.29, 1.82) is 0 Å². The predicted molar refractivity (Wildman–Crippen MR) is 205 cm³/mol. The van der Waals surface area contributed by atoms with E-state index in [0.717, 1.165) is 30.6 Å². The topological polar surface area (TPSA) is 15.3 Å². The van der Waals surface area contributed by atoms with Crippen molar-refractivity contribution in [1.82, 2.24) is 0 Å². The first kappa shape index (κ1) is 30.3. The Morgan fingerprint density at radius 3 is 1.94 bits per heavy atom. The number of nitrogens with zero attached hydrogens (tertiary/aromatic N) is 1. The van der Waals surface area contributed by atoms with Crippen LogP contribution in [-0.4, -0.2) is 12.1 Å². The van der Waals surface area contributed by atoms with E-state index in [1.165, 1.54) is 50.2 Å². The summed E-state index contributed by atoms with van der Waals surface area (Å²) in [6.07, 6.45) is 22.3. The van der Waals surface area contributed by atoms with Gasteiger partial charge in [-0.05, 0) is 106 Å². The molecule has 48 heavy (non-hydrogen) atoms. The zero-order valence-corrected chi connectivity index (χ0v) is 28.2. The molecular weight excluding hydrogens is 581 g/mol. The molecule has 0 aliphatic heterocycles. The third kappa shape index (κ3) is 5.70. The molecule has 2 nitrogen and oxygen atoms in total. The Kier molecular flexibility index (Phi) is 7.89. The molecule has 4 aromatic rings. The molecule has 0 fully saturated rings. The minimum absolute atomic E-state index is 0.0834. The van der Waals surface area contributed by atoms with Crippen LogP contribution in [0, 0.1) is 5.92 Å². The molecule has 0 amide bonds. The first-order chi connectivity index (χ1) is 23.4. The van der Waals surface area contributed by atoms with E-state index in [9.17, 15) is 0 Å². The van der Waals surface area contributed by atoms with Crippen molar-refractivity contribution in [2.45, 2.75) is 57.5 Å². The number of benzene rings is 4. The number of hydrogen-bond acceptors (Lipinski definition) is 2. The van der Waals surface area contributed by atoms with Crippen LogP contribution >= 0.6 is 0 Å². The van der Waals surface area contributed by atoms with Gasteiger partial charge < -0.3 is 10.2 Å². The molecule has 0 saturated carbocycles. The van der Waals surface area contributed by atoms with Crippen molar-refractivity contribution in [3.05, 3.63) is 180 Å². The van der Waals surface area contributed by atoms with Crippen molar-refractivity contribution >= 4 is 33.8 Å². The molecule has 0 saturated heterocycles. The van der Waals surface area contributed by atoms with Gasteiger partial charge in [0.1, 0.15) is 0 Å². The highest BCUT2D eigenvalue weighted by Gasteiger charge is 2.41. The van der Waals surface area contributed by atoms with Crippen LogP contribution in [0.2, 0.25) is 0 Å². The average molecular weight is 625 g/mol. The van der Waals surface area contributed by atoms with Gasteiger partial charge >= 0.3 is 0 Å². The highest BCUT2D eigenvalue weighted by Crippen LogP contribution is 2.52. The lowest BCUT2D eigenvalue weighted by atomic mass is 9.79. The van der Waals surface area contributed by atoms with Crippen LogP contribution in [0.5, 0.6) is 0 Å². The van der Waals surface area contributed by atoms with E-state index in [-0.39, 0.29) is 17.5 Å². The zero-order valence-electron chi connectivity index (χ0n) is 28.2. The highest BCUT2D eigenvalue weighted by atomic mass is 15.2. The third-order valence-electron chi connectivity index (χ3n) is 10.6. The largest absolute Gasteiger partial charge is 0.358 e. The van der Waals surface area contributed by atoms with Gasteiger partial charge in [-0.1, -0.05) is 136 Å². The Morgan fingerprint density at radius 1 is 0.646 bits per heavy atom. The Labute approximate surface area is 286 Å². The molecule has 4 aliphatic rings. The lowest BCUT2D eigenvalue weighted by Gasteiger charge is -2.40. The number of allylic oxidation sites excluding steroid dienone is 8. The molecule has 0 bridgehead atoms. The predicted octanol–water partition coefficient (Wildman–Crippen LogP) is 11.7. The van der Waals surface area contributed by atoms with Crippen LogP contribution in [0.4, 0.5) is 17.1 Å². The van der Waals surface area contributed by atoms with Crippen molar-refractivity contribution in [3.63, 3.8) is 0 Å². The van der Waals surface area contributed by atoms with Crippen molar-refractivity contribution in [3.8, 4) is 0 Å². The molecular formula is C46H44N2. The maximum Gasteiger partial charge on any atom is 0.0520 e. The van der Waals surface area contributed by atoms with Gasteiger partial charge in [-0.25, -0.2) is 0 Å². The first-order valence-corrected chi connectivity index (χ1v) is 17.5. The Hall–Kier alpha value is -5.08. The summed E-state index contributed by atoms with van der Waals surface area (Å²) in [5.41, 5.74) is 14.3. The molecule has 2 heteroatoms. The standard InChI is InChI=1S/C46H44N2/c1-32-14-16-33(17-15-32)34-18-20-35(21-19-34)36-22-25-40(26-23-36)48(39-12-8-5-9-13-39)41-27-29-43-42-28-24-38(47-37-10-6-4-7-11-37)30-44(42)46(2,3)45(43)31-41/h4-14,16-25,28-32,40-41,47H,15,26-27H2,1-3H3. The first-order valence-electron chi connectivity index (χ1n) is 17.5. The fourth-order valence-electron chi connectivity index (χ4n) is 7.95. The van der Waals surface area contributed by atoms with Crippen LogP contribution in [-0.2, 0) is 5.41 Å². The number of rotatable bonds is 7. The Bertz CT molecular complexity index is 2000. The molecule has 4 aliphatic carbocycles. The van der Waals surface area contributed by atoms with Crippen LogP contribution in [0.15, 0.2) is 157 Å². The molecule has 3 atom stereocenters. The maximum absolute atomic E-state index is 3.61. The molecule has 0 heterocycles. The lowest BCUT2D eigenvalue weighted by Crippen LogP contribution is -2.43. The van der Waals surface area contributed by atoms with Crippen LogP contribution in [0.3, 0.4) is 0 Å². The lowest BCUT2D eigenvalue weighted by molar-refractivity contribution is 0.597. The van der Waals surface area contributed by atoms with Gasteiger partial charge in [0.15, 0.2) is 0 Å². The van der Waals surface area contributed by atoms with Gasteiger partial charge in [-0.2, -0.15) is 0 Å². The van der Waals surface area contributed by atoms with Crippen LogP contribution in [0.25, 0.3) is 16.7 Å². The quantitative estimate of drug-likeness (QED) is 0.220. The number of nitrogens with one attached hydrogen (secondary N) is 1. The molecule has 0 radical (unpaired) electrons. The van der Waals surface area contributed by atoms with Crippen molar-refractivity contribution < 1.29 is 0 Å². The van der Waals surface area contributed by atoms with Crippen LogP contribution in [0.1, 0.15) is 62.3 Å². The second kappa shape index (κ2) is 12.5. The number of anilines is 3. The fraction of sp³-hybridized carbons (Fsp3) is 0.217. The van der Waals surface area contributed by atoms with E-state index in [1.54, 1.807) is 0 Å². The zero-order chi connectivity index (χ0) is 32.7. The minimum Gasteiger partial charge on any atom is -0.358 e. The van der Waals surface area contributed by atoms with E-state index in [2.05, 4.69) is 183 Å². The average Bonchev–Trinajstić information content (AvgIpc) is 3.35. The normalized spacial score (nSPS) is 22.1. The Balaban J connectivity index is 1.05. The molecule has 0 spiro atoms. The molecule has 3 unspecified atom stereocenters. The van der Waals surface area contributed by atoms with E-state index >= 15 is 0 Å². The van der Waals surface area contributed by atoms with Gasteiger partial charge in [-0.3, -0.25) is 0 Å². The third-order valence-corrected chi connectivity index (χ3v) is 10.6. The second-order valence-corrected chi connectivity index (χ2v) is 14.3. The van der Waals surface area contributed by atoms with E-state index in [0.29, 0.717) is 5.92 Å². The van der Waals surface area contributed by atoms with Gasteiger partial charge in [0, 0.05) is 22.5 Å². The number of fused-ring (bicyclic) bond motifs is 3. The van der Waals surface area contributed by atoms with Crippen LogP contribution < -0.4 is 10.2 Å². The molecule has 1 N–H and O–H groups in total. The molecule has 0 aromatic heterocycles.